The summed E-state index contributed by atoms with van der Waals surface area (Å²) in [4.78, 5) is 14.8. The molecule has 31 heavy (non-hydrogen) atoms. The number of carbonyl (C=O) groups is 1. The van der Waals surface area contributed by atoms with Crippen molar-refractivity contribution in [3.8, 4) is 0 Å². The average molecular weight is 447 g/mol. The monoisotopic (exact) mass is 446 g/mol. The molecule has 1 aliphatic rings. The molecule has 0 bridgehead atoms. The van der Waals surface area contributed by atoms with Gasteiger partial charge in [0.2, 0.25) is 15.9 Å². The van der Waals surface area contributed by atoms with E-state index >= 15 is 0 Å². The maximum atomic E-state index is 13.4. The van der Waals surface area contributed by atoms with Crippen molar-refractivity contribution in [1.82, 2.24) is 14.4 Å². The van der Waals surface area contributed by atoms with E-state index in [1.54, 1.807) is 24.1 Å². The van der Waals surface area contributed by atoms with E-state index in [0.717, 1.165) is 17.7 Å². The first-order chi connectivity index (χ1) is 14.7. The van der Waals surface area contributed by atoms with E-state index < -0.39 is 15.9 Å². The van der Waals surface area contributed by atoms with Crippen molar-refractivity contribution >= 4 is 27.7 Å². The van der Waals surface area contributed by atoms with Gasteiger partial charge in [-0.05, 0) is 37.8 Å². The van der Waals surface area contributed by atoms with E-state index in [4.69, 9.17) is 4.52 Å². The minimum absolute atomic E-state index is 0.0583. The van der Waals surface area contributed by atoms with Crippen LogP contribution in [0.2, 0.25) is 0 Å². The standard InChI is InChI=1S/C22H30N4O4S/c1-5-17-9-6-7-11-19(17)23-22(27)18-10-8-13-26(15-18)31(28,29)21-16(2)24-30-20(21)12-14-25(3)4/h6-7,9,11-12,14,18H,5,8,10,13,15H2,1-4H3,(H,23,27)/b14-12+/t18-/m1/s1. The maximum Gasteiger partial charge on any atom is 0.248 e. The van der Waals surface area contributed by atoms with Crippen LogP contribution in [0.25, 0.3) is 6.08 Å². The molecule has 9 heteroatoms. The summed E-state index contributed by atoms with van der Waals surface area (Å²) in [5.41, 5.74) is 2.14. The number of aromatic nitrogens is 1. The number of carbonyl (C=O) groups excluding carboxylic acids is 1. The molecule has 1 aliphatic heterocycles. The fourth-order valence-electron chi connectivity index (χ4n) is 3.70. The highest BCUT2D eigenvalue weighted by atomic mass is 32.2. The Morgan fingerprint density at radius 3 is 2.81 bits per heavy atom. The second kappa shape index (κ2) is 9.65. The van der Waals surface area contributed by atoms with Gasteiger partial charge in [0, 0.05) is 45.1 Å². The van der Waals surface area contributed by atoms with Crippen LogP contribution in [0.1, 0.15) is 36.8 Å². The predicted molar refractivity (Wildman–Crippen MR) is 120 cm³/mol. The molecule has 8 nitrogen and oxygen atoms in total. The number of para-hydroxylation sites is 1. The Morgan fingerprint density at radius 1 is 1.35 bits per heavy atom. The third-order valence-corrected chi connectivity index (χ3v) is 7.39. The molecule has 0 radical (unpaired) electrons. The van der Waals surface area contributed by atoms with E-state index in [2.05, 4.69) is 10.5 Å². The van der Waals surface area contributed by atoms with Gasteiger partial charge in [-0.15, -0.1) is 0 Å². The quantitative estimate of drug-likeness (QED) is 0.702. The number of hydrogen-bond donors (Lipinski definition) is 1. The van der Waals surface area contributed by atoms with Crippen LogP contribution >= 0.6 is 0 Å². The van der Waals surface area contributed by atoms with Crippen molar-refractivity contribution in [2.45, 2.75) is 38.0 Å². The minimum Gasteiger partial charge on any atom is -0.383 e. The second-order valence-corrected chi connectivity index (χ2v) is 9.82. The Morgan fingerprint density at radius 2 is 2.10 bits per heavy atom. The van der Waals surface area contributed by atoms with E-state index in [0.29, 0.717) is 25.1 Å². The zero-order valence-corrected chi connectivity index (χ0v) is 19.3. The van der Waals surface area contributed by atoms with Crippen LogP contribution in [-0.4, -0.2) is 55.9 Å². The maximum absolute atomic E-state index is 13.4. The zero-order chi connectivity index (χ0) is 22.6. The molecule has 0 aliphatic carbocycles. The van der Waals surface area contributed by atoms with E-state index in [1.165, 1.54) is 4.31 Å². The lowest BCUT2D eigenvalue weighted by atomic mass is 9.98. The molecule has 2 aromatic rings. The van der Waals surface area contributed by atoms with Crippen molar-refractivity contribution < 1.29 is 17.7 Å². The van der Waals surface area contributed by atoms with Gasteiger partial charge in [-0.2, -0.15) is 4.31 Å². The number of rotatable bonds is 7. The molecule has 1 amide bonds. The van der Waals surface area contributed by atoms with Crippen molar-refractivity contribution in [2.24, 2.45) is 5.92 Å². The van der Waals surface area contributed by atoms with E-state index in [9.17, 15) is 13.2 Å². The summed E-state index contributed by atoms with van der Waals surface area (Å²) >= 11 is 0. The summed E-state index contributed by atoms with van der Waals surface area (Å²) < 4.78 is 33.4. The third kappa shape index (κ3) is 5.16. The zero-order valence-electron chi connectivity index (χ0n) is 18.5. The van der Waals surface area contributed by atoms with Gasteiger partial charge in [-0.25, -0.2) is 8.42 Å². The SMILES string of the molecule is CCc1ccccc1NC(=O)[C@@H]1CCCN(S(=O)(=O)c2c(C)noc2/C=C/N(C)C)C1. The number of nitrogens with one attached hydrogen (secondary N) is 1. The van der Waals surface area contributed by atoms with Crippen LogP contribution in [0.5, 0.6) is 0 Å². The number of amides is 1. The molecule has 0 spiro atoms. The molecule has 0 unspecified atom stereocenters. The Bertz CT molecular complexity index is 1060. The molecule has 1 aromatic heterocycles. The van der Waals surface area contributed by atoms with Gasteiger partial charge in [-0.3, -0.25) is 4.79 Å². The predicted octanol–water partition coefficient (Wildman–Crippen LogP) is 3.12. The molecular weight excluding hydrogens is 416 g/mol. The molecule has 1 aromatic carbocycles. The summed E-state index contributed by atoms with van der Waals surface area (Å²) in [5, 5.41) is 6.84. The lowest BCUT2D eigenvalue weighted by Crippen LogP contribution is -2.44. The highest BCUT2D eigenvalue weighted by Crippen LogP contribution is 2.29. The summed E-state index contributed by atoms with van der Waals surface area (Å²) in [6, 6.07) is 7.67. The Kier molecular flexibility index (Phi) is 7.17. The molecule has 0 saturated carbocycles. The second-order valence-electron chi connectivity index (χ2n) is 7.94. The molecular formula is C22H30N4O4S. The fraction of sp³-hybridized carbons (Fsp3) is 0.455. The number of piperidine rings is 1. The van der Waals surface area contributed by atoms with Crippen molar-refractivity contribution in [2.75, 3.05) is 32.5 Å². The molecule has 1 fully saturated rings. The molecule has 2 heterocycles. The first kappa shape index (κ1) is 23.0. The Hall–Kier alpha value is -2.65. The van der Waals surface area contributed by atoms with E-state index in [-0.39, 0.29) is 23.1 Å². The van der Waals surface area contributed by atoms with Gasteiger partial charge in [0.15, 0.2) is 10.7 Å². The van der Waals surface area contributed by atoms with Crippen molar-refractivity contribution in [3.63, 3.8) is 0 Å². The average Bonchev–Trinajstić information content (AvgIpc) is 3.14. The molecule has 1 N–H and O–H groups in total. The number of anilines is 1. The van der Waals surface area contributed by atoms with Crippen LogP contribution in [0.4, 0.5) is 5.69 Å². The summed E-state index contributed by atoms with van der Waals surface area (Å²) in [6.07, 6.45) is 5.35. The molecule has 168 valence electrons. The van der Waals surface area contributed by atoms with Gasteiger partial charge in [0.05, 0.1) is 5.92 Å². The molecule has 1 atom stereocenters. The highest BCUT2D eigenvalue weighted by Gasteiger charge is 2.37. The number of nitrogens with zero attached hydrogens (tertiary/aromatic N) is 3. The number of aryl methyl sites for hydroxylation is 2. The van der Waals surface area contributed by atoms with E-state index in [1.807, 2.05) is 45.3 Å². The van der Waals surface area contributed by atoms with Crippen molar-refractivity contribution in [1.29, 1.82) is 0 Å². The third-order valence-electron chi connectivity index (χ3n) is 5.37. The van der Waals surface area contributed by atoms with Crippen molar-refractivity contribution in [3.05, 3.63) is 47.5 Å². The lowest BCUT2D eigenvalue weighted by molar-refractivity contribution is -0.120. The van der Waals surface area contributed by atoms with Crippen LogP contribution in [0.15, 0.2) is 39.9 Å². The molecule has 3 rings (SSSR count). The number of benzene rings is 1. The number of hydrogen-bond acceptors (Lipinski definition) is 6. The largest absolute Gasteiger partial charge is 0.383 e. The smallest absolute Gasteiger partial charge is 0.248 e. The first-order valence-corrected chi connectivity index (χ1v) is 11.9. The van der Waals surface area contributed by atoms with Gasteiger partial charge in [0.1, 0.15) is 5.69 Å². The summed E-state index contributed by atoms with van der Waals surface area (Å²) in [6.45, 7) is 4.13. The summed E-state index contributed by atoms with van der Waals surface area (Å²) in [5.74, 6) is -0.389. The Labute approximate surface area is 183 Å². The fourth-order valence-corrected chi connectivity index (χ4v) is 5.48. The van der Waals surface area contributed by atoms with Crippen LogP contribution in [0.3, 0.4) is 0 Å². The normalized spacial score (nSPS) is 17.7. The topological polar surface area (TPSA) is 95.8 Å². The summed E-state index contributed by atoms with van der Waals surface area (Å²) in [7, 11) is -0.189. The van der Waals surface area contributed by atoms with Gasteiger partial charge < -0.3 is 14.7 Å². The minimum atomic E-state index is -3.85. The van der Waals surface area contributed by atoms with Gasteiger partial charge in [0.25, 0.3) is 0 Å². The first-order valence-electron chi connectivity index (χ1n) is 10.4. The lowest BCUT2D eigenvalue weighted by Gasteiger charge is -2.31. The van der Waals surface area contributed by atoms with Crippen LogP contribution in [-0.2, 0) is 21.2 Å². The Balaban J connectivity index is 1.80. The van der Waals surface area contributed by atoms with Gasteiger partial charge >= 0.3 is 0 Å². The van der Waals surface area contributed by atoms with Crippen LogP contribution in [0, 0.1) is 12.8 Å². The highest BCUT2D eigenvalue weighted by molar-refractivity contribution is 7.89. The number of sulfonamides is 1. The van der Waals surface area contributed by atoms with Gasteiger partial charge in [-0.1, -0.05) is 30.3 Å². The molecule has 1 saturated heterocycles. The van der Waals surface area contributed by atoms with Crippen LogP contribution < -0.4 is 5.32 Å².